The van der Waals surface area contributed by atoms with Crippen LogP contribution < -0.4 is 4.74 Å². The fourth-order valence-corrected chi connectivity index (χ4v) is 4.90. The predicted octanol–water partition coefficient (Wildman–Crippen LogP) is 5.84. The maximum absolute atomic E-state index is 13.8. The molecule has 0 saturated carbocycles. The second-order valence-electron chi connectivity index (χ2n) is 8.48. The molecule has 0 amide bonds. The van der Waals surface area contributed by atoms with E-state index in [0.717, 1.165) is 33.2 Å². The van der Waals surface area contributed by atoms with Gasteiger partial charge in [-0.05, 0) is 65.4 Å². The second-order valence-corrected chi connectivity index (χ2v) is 8.48. The van der Waals surface area contributed by atoms with Crippen molar-refractivity contribution in [3.8, 4) is 11.8 Å². The van der Waals surface area contributed by atoms with E-state index >= 15 is 0 Å². The van der Waals surface area contributed by atoms with Gasteiger partial charge < -0.3 is 9.47 Å². The highest BCUT2D eigenvalue weighted by atomic mass is 16.5. The van der Waals surface area contributed by atoms with E-state index in [4.69, 9.17) is 9.47 Å². The van der Waals surface area contributed by atoms with Crippen molar-refractivity contribution in [2.24, 2.45) is 5.41 Å². The molecular formula is C29H27NO4. The molecule has 3 aromatic rings. The van der Waals surface area contributed by atoms with E-state index in [1.807, 2.05) is 66.7 Å². The number of benzene rings is 3. The Morgan fingerprint density at radius 1 is 1.09 bits per heavy atom. The van der Waals surface area contributed by atoms with Crippen molar-refractivity contribution in [3.05, 3.63) is 83.9 Å². The summed E-state index contributed by atoms with van der Waals surface area (Å²) in [6, 6.07) is 23.7. The average Bonchev–Trinajstić information content (AvgIpc) is 2.87. The third kappa shape index (κ3) is 4.20. The van der Waals surface area contributed by atoms with Gasteiger partial charge in [0.15, 0.2) is 5.78 Å². The van der Waals surface area contributed by atoms with Crippen LogP contribution >= 0.6 is 0 Å². The fourth-order valence-electron chi connectivity index (χ4n) is 4.90. The van der Waals surface area contributed by atoms with E-state index in [1.54, 1.807) is 20.1 Å². The lowest BCUT2D eigenvalue weighted by Crippen LogP contribution is -2.47. The molecule has 0 N–H and O–H groups in total. The van der Waals surface area contributed by atoms with Gasteiger partial charge in [0, 0.05) is 12.3 Å². The van der Waals surface area contributed by atoms with Crippen LogP contribution in [0.5, 0.6) is 5.75 Å². The zero-order chi connectivity index (χ0) is 24.1. The van der Waals surface area contributed by atoms with Gasteiger partial charge in [0.1, 0.15) is 11.2 Å². The lowest BCUT2D eigenvalue weighted by atomic mass is 9.60. The molecule has 34 heavy (non-hydrogen) atoms. The number of rotatable bonds is 7. The van der Waals surface area contributed by atoms with E-state index in [1.165, 1.54) is 0 Å². The van der Waals surface area contributed by atoms with Crippen LogP contribution in [0.2, 0.25) is 0 Å². The first-order valence-electron chi connectivity index (χ1n) is 11.5. The molecule has 5 nitrogen and oxygen atoms in total. The van der Waals surface area contributed by atoms with Gasteiger partial charge >= 0.3 is 5.97 Å². The molecule has 1 aliphatic rings. The number of nitrogens with zero attached hydrogens (tertiary/aromatic N) is 1. The average molecular weight is 454 g/mol. The third-order valence-electron chi connectivity index (χ3n) is 6.67. The Morgan fingerprint density at radius 2 is 1.82 bits per heavy atom. The van der Waals surface area contributed by atoms with Crippen molar-refractivity contribution in [3.63, 3.8) is 0 Å². The number of esters is 1. The van der Waals surface area contributed by atoms with Crippen molar-refractivity contribution < 1.29 is 19.1 Å². The summed E-state index contributed by atoms with van der Waals surface area (Å²) in [5.41, 5.74) is 1.20. The molecule has 0 radical (unpaired) electrons. The first-order valence-corrected chi connectivity index (χ1v) is 11.5. The zero-order valence-corrected chi connectivity index (χ0v) is 19.4. The van der Waals surface area contributed by atoms with Crippen LogP contribution in [0.25, 0.3) is 16.3 Å². The number of hydrogen-bond acceptors (Lipinski definition) is 5. The smallest absolute Gasteiger partial charge is 0.320 e. The molecule has 1 aliphatic carbocycles. The zero-order valence-electron chi connectivity index (χ0n) is 19.4. The molecule has 0 aromatic heterocycles. The van der Waals surface area contributed by atoms with Gasteiger partial charge in [-0.2, -0.15) is 5.26 Å². The van der Waals surface area contributed by atoms with Crippen LogP contribution in [0.4, 0.5) is 0 Å². The highest BCUT2D eigenvalue weighted by Crippen LogP contribution is 2.51. The Bertz CT molecular complexity index is 1290. The second kappa shape index (κ2) is 9.93. The summed E-state index contributed by atoms with van der Waals surface area (Å²) in [7, 11) is 1.61. The lowest BCUT2D eigenvalue weighted by Gasteiger charge is -2.40. The van der Waals surface area contributed by atoms with E-state index in [2.05, 4.69) is 6.07 Å². The minimum Gasteiger partial charge on any atom is -0.497 e. The molecule has 0 aliphatic heterocycles. The quantitative estimate of drug-likeness (QED) is 0.332. The van der Waals surface area contributed by atoms with Crippen LogP contribution in [0.15, 0.2) is 72.8 Å². The first-order chi connectivity index (χ1) is 16.5. The molecule has 172 valence electrons. The van der Waals surface area contributed by atoms with Crippen LogP contribution in [-0.4, -0.2) is 25.5 Å². The maximum atomic E-state index is 13.8. The highest BCUT2D eigenvalue weighted by molar-refractivity contribution is 6.14. The predicted molar refractivity (Wildman–Crippen MR) is 131 cm³/mol. The molecule has 0 bridgehead atoms. The third-order valence-corrected chi connectivity index (χ3v) is 6.67. The normalized spacial score (nSPS) is 19.9. The summed E-state index contributed by atoms with van der Waals surface area (Å²) >= 11 is 0. The van der Waals surface area contributed by atoms with Crippen LogP contribution in [-0.2, 0) is 14.3 Å². The van der Waals surface area contributed by atoms with E-state index in [-0.39, 0.29) is 25.2 Å². The van der Waals surface area contributed by atoms with Gasteiger partial charge in [0.25, 0.3) is 0 Å². The van der Waals surface area contributed by atoms with Crippen molar-refractivity contribution in [1.29, 1.82) is 5.26 Å². The van der Waals surface area contributed by atoms with Gasteiger partial charge in [-0.3, -0.25) is 9.59 Å². The number of hydrogen-bond donors (Lipinski definition) is 0. The Balaban J connectivity index is 1.88. The molecule has 0 unspecified atom stereocenters. The fraction of sp³-hybridized carbons (Fsp3) is 0.276. The van der Waals surface area contributed by atoms with Crippen molar-refractivity contribution in [1.82, 2.24) is 0 Å². The number of allylic oxidation sites excluding steroid dienone is 2. The molecule has 0 fully saturated rings. The Morgan fingerprint density at radius 3 is 2.50 bits per heavy atom. The highest BCUT2D eigenvalue weighted by Gasteiger charge is 2.54. The number of methoxy groups -OCH3 is 1. The topological polar surface area (TPSA) is 76.4 Å². The summed E-state index contributed by atoms with van der Waals surface area (Å²) in [4.78, 5) is 27.2. The number of carbonyl (C=O) groups is 2. The molecule has 4 rings (SSSR count). The van der Waals surface area contributed by atoms with Gasteiger partial charge in [0.2, 0.25) is 0 Å². The number of ketones is 1. The van der Waals surface area contributed by atoms with Gasteiger partial charge in [0.05, 0.1) is 19.8 Å². The van der Waals surface area contributed by atoms with Crippen molar-refractivity contribution in [2.45, 2.75) is 32.1 Å². The SMILES string of the molecule is CCOC(=O)[C@@]1(CCC#N)C(=O)C=C(c2ccc(OC)cc2)C[C@H]1c1ccc2ccccc2c1. The molecule has 0 heterocycles. The van der Waals surface area contributed by atoms with Gasteiger partial charge in [-0.25, -0.2) is 0 Å². The summed E-state index contributed by atoms with van der Waals surface area (Å²) < 4.78 is 10.7. The van der Waals surface area contributed by atoms with Crippen LogP contribution in [0.3, 0.4) is 0 Å². The number of ether oxygens (including phenoxy) is 2. The van der Waals surface area contributed by atoms with Crippen molar-refractivity contribution in [2.75, 3.05) is 13.7 Å². The Hall–Kier alpha value is -3.91. The van der Waals surface area contributed by atoms with Crippen molar-refractivity contribution >= 4 is 28.1 Å². The molecule has 0 spiro atoms. The Kier molecular flexibility index (Phi) is 6.79. The van der Waals surface area contributed by atoms with Crippen LogP contribution in [0, 0.1) is 16.7 Å². The first kappa shape index (κ1) is 23.3. The summed E-state index contributed by atoms with van der Waals surface area (Å²) in [5.74, 6) is -0.596. The Labute approximate surface area is 199 Å². The minimum atomic E-state index is -1.44. The summed E-state index contributed by atoms with van der Waals surface area (Å²) in [5, 5.41) is 11.5. The molecule has 3 aromatic carbocycles. The molecule has 2 atom stereocenters. The summed E-state index contributed by atoms with van der Waals surface area (Å²) in [6.45, 7) is 1.90. The lowest BCUT2D eigenvalue weighted by molar-refractivity contribution is -0.161. The van der Waals surface area contributed by atoms with Gasteiger partial charge in [-0.1, -0.05) is 54.6 Å². The van der Waals surface area contributed by atoms with Crippen LogP contribution in [0.1, 0.15) is 43.2 Å². The monoisotopic (exact) mass is 453 g/mol. The molecule has 5 heteroatoms. The minimum absolute atomic E-state index is 0.0837. The van der Waals surface area contributed by atoms with E-state index in [0.29, 0.717) is 6.42 Å². The maximum Gasteiger partial charge on any atom is 0.320 e. The summed E-state index contributed by atoms with van der Waals surface area (Å²) in [6.07, 6.45) is 2.24. The number of nitriles is 1. The molecular weight excluding hydrogens is 426 g/mol. The molecule has 0 saturated heterocycles. The largest absolute Gasteiger partial charge is 0.497 e. The van der Waals surface area contributed by atoms with E-state index in [9.17, 15) is 14.9 Å². The van der Waals surface area contributed by atoms with E-state index < -0.39 is 17.3 Å². The standard InChI is InChI=1S/C29H27NO4/c1-3-34-28(32)29(15-6-16-30)26(23-10-9-20-7-4-5-8-22(20)17-23)18-24(19-27(29)31)21-11-13-25(33-2)14-12-21/h4-5,7-14,17,19,26H,3,6,15,18H2,1-2H3/t26-,29+/m0/s1. The number of fused-ring (bicyclic) bond motifs is 1. The van der Waals surface area contributed by atoms with Gasteiger partial charge in [-0.15, -0.1) is 0 Å². The number of carbonyl (C=O) groups excluding carboxylic acids is 2.